The van der Waals surface area contributed by atoms with Crippen molar-refractivity contribution in [3.05, 3.63) is 30.3 Å². The zero-order chi connectivity index (χ0) is 11.1. The fourth-order valence-electron chi connectivity index (χ4n) is 1.99. The fraction of sp³-hybridized carbons (Fsp3) is 0.455. The lowest BCUT2D eigenvalue weighted by Gasteiger charge is -2.23. The van der Waals surface area contributed by atoms with Gasteiger partial charge >= 0.3 is 0 Å². The summed E-state index contributed by atoms with van der Waals surface area (Å²) in [5, 5.41) is 0.995. The van der Waals surface area contributed by atoms with Crippen molar-refractivity contribution in [3.8, 4) is 0 Å². The third-order valence-electron chi connectivity index (χ3n) is 2.99. The molecule has 1 aromatic carbocycles. The first-order valence-corrected chi connectivity index (χ1v) is 8.61. The molecule has 0 saturated carbocycles. The molecule has 0 spiro atoms. The summed E-state index contributed by atoms with van der Waals surface area (Å²) in [6.45, 7) is 2.11. The van der Waals surface area contributed by atoms with E-state index in [0.717, 1.165) is 17.9 Å². The fourth-order valence-corrected chi connectivity index (χ4v) is 8.26. The van der Waals surface area contributed by atoms with Crippen molar-refractivity contribution in [1.82, 2.24) is 0 Å². The van der Waals surface area contributed by atoms with Crippen LogP contribution in [0.15, 0.2) is 30.3 Å². The summed E-state index contributed by atoms with van der Waals surface area (Å²) in [6.07, 6.45) is 1.74. The predicted octanol–water partition coefficient (Wildman–Crippen LogP) is 3.95. The highest BCUT2D eigenvalue weighted by Crippen LogP contribution is 2.65. The average molecular weight is 352 g/mol. The number of benzene rings is 1. The van der Waals surface area contributed by atoms with Crippen LogP contribution in [0.5, 0.6) is 0 Å². The molecule has 0 N–H and O–H groups in total. The molecule has 4 heteroatoms. The highest BCUT2D eigenvalue weighted by molar-refractivity contribution is 9.13. The summed E-state index contributed by atoms with van der Waals surface area (Å²) in [6, 6.07) is 9.83. The molecule has 2 rings (SSSR count). The Morgan fingerprint density at radius 1 is 1.40 bits per heavy atom. The summed E-state index contributed by atoms with van der Waals surface area (Å²) in [4.78, 5) is 0. The topological polar surface area (TPSA) is 17.1 Å². The first-order valence-electron chi connectivity index (χ1n) is 4.94. The molecule has 82 valence electrons. The third-order valence-corrected chi connectivity index (χ3v) is 11.2. The molecule has 1 nitrogen and oxygen atoms in total. The van der Waals surface area contributed by atoms with Gasteiger partial charge in [-0.05, 0) is 13.3 Å². The quantitative estimate of drug-likeness (QED) is 0.553. The first-order chi connectivity index (χ1) is 6.97. The van der Waals surface area contributed by atoms with E-state index in [1.165, 1.54) is 0 Å². The maximum Gasteiger partial charge on any atom is 0.130 e. The molecule has 1 heterocycles. The van der Waals surface area contributed by atoms with Crippen LogP contribution < -0.4 is 5.30 Å². The smallest absolute Gasteiger partial charge is 0.130 e. The van der Waals surface area contributed by atoms with Crippen LogP contribution in [0.25, 0.3) is 0 Å². The normalized spacial score (nSPS) is 40.6. The van der Waals surface area contributed by atoms with Crippen LogP contribution in [0.2, 0.25) is 0 Å². The van der Waals surface area contributed by atoms with Crippen LogP contribution in [-0.2, 0) is 4.57 Å². The van der Waals surface area contributed by atoms with Crippen LogP contribution >= 0.6 is 39.0 Å². The van der Waals surface area contributed by atoms with Gasteiger partial charge in [-0.1, -0.05) is 62.2 Å². The summed E-state index contributed by atoms with van der Waals surface area (Å²) >= 11 is 7.27. The van der Waals surface area contributed by atoms with E-state index in [2.05, 4.69) is 38.8 Å². The molecule has 0 aliphatic carbocycles. The molecule has 0 aromatic heterocycles. The van der Waals surface area contributed by atoms with Gasteiger partial charge in [0.15, 0.2) is 0 Å². The highest BCUT2D eigenvalue weighted by atomic mass is 79.9. The largest absolute Gasteiger partial charge is 0.317 e. The van der Waals surface area contributed by atoms with Crippen molar-refractivity contribution < 1.29 is 4.57 Å². The molecule has 1 aromatic rings. The van der Waals surface area contributed by atoms with Gasteiger partial charge < -0.3 is 4.57 Å². The molecule has 1 fully saturated rings. The number of hydrogen-bond acceptors (Lipinski definition) is 1. The van der Waals surface area contributed by atoms with Gasteiger partial charge in [0.2, 0.25) is 0 Å². The monoisotopic (exact) mass is 350 g/mol. The minimum atomic E-state index is -2.27. The van der Waals surface area contributed by atoms with E-state index in [9.17, 15) is 4.57 Å². The Kier molecular flexibility index (Phi) is 3.18. The lowest BCUT2D eigenvalue weighted by Crippen LogP contribution is -2.23. The van der Waals surface area contributed by atoms with Gasteiger partial charge in [-0.2, -0.15) is 0 Å². The van der Waals surface area contributed by atoms with Gasteiger partial charge in [0, 0.05) is 15.8 Å². The van der Waals surface area contributed by atoms with E-state index in [4.69, 9.17) is 0 Å². The van der Waals surface area contributed by atoms with E-state index >= 15 is 0 Å². The average Bonchev–Trinajstić information content (AvgIpc) is 2.45. The zero-order valence-corrected chi connectivity index (χ0v) is 12.6. The SMILES string of the molecule is C[C@@]1(Br)CC[P@@](=O)(c2ccccc2)[C@H]1Br. The Balaban J connectivity index is 2.42. The maximum atomic E-state index is 12.9. The molecule has 3 atom stereocenters. The summed E-state index contributed by atoms with van der Waals surface area (Å²) < 4.78 is 12.9. The zero-order valence-electron chi connectivity index (χ0n) is 8.49. The lowest BCUT2D eigenvalue weighted by molar-refractivity contribution is 0.583. The van der Waals surface area contributed by atoms with E-state index in [0.29, 0.717) is 0 Å². The van der Waals surface area contributed by atoms with Gasteiger partial charge in [-0.25, -0.2) is 0 Å². The van der Waals surface area contributed by atoms with Crippen LogP contribution in [0, 0.1) is 0 Å². The van der Waals surface area contributed by atoms with Crippen LogP contribution in [0.1, 0.15) is 13.3 Å². The van der Waals surface area contributed by atoms with E-state index in [-0.39, 0.29) is 8.89 Å². The molecule has 0 amide bonds. The van der Waals surface area contributed by atoms with E-state index in [1.807, 2.05) is 30.3 Å². The van der Waals surface area contributed by atoms with E-state index < -0.39 is 7.14 Å². The van der Waals surface area contributed by atoms with Crippen molar-refractivity contribution in [2.75, 3.05) is 6.16 Å². The van der Waals surface area contributed by atoms with Crippen molar-refractivity contribution in [1.29, 1.82) is 0 Å². The van der Waals surface area contributed by atoms with Crippen molar-refractivity contribution in [2.24, 2.45) is 0 Å². The van der Waals surface area contributed by atoms with Gasteiger partial charge in [0.25, 0.3) is 0 Å². The maximum absolute atomic E-state index is 12.9. The van der Waals surface area contributed by atoms with Gasteiger partial charge in [0.1, 0.15) is 7.14 Å². The number of alkyl halides is 2. The Morgan fingerprint density at radius 2 is 2.00 bits per heavy atom. The Labute approximate surface area is 107 Å². The molecule has 0 bridgehead atoms. The third kappa shape index (κ3) is 1.99. The molecule has 1 aliphatic rings. The number of rotatable bonds is 1. The van der Waals surface area contributed by atoms with Crippen molar-refractivity contribution in [2.45, 2.75) is 22.2 Å². The summed E-state index contributed by atoms with van der Waals surface area (Å²) in [5.74, 6) is 0. The molecule has 1 saturated heterocycles. The van der Waals surface area contributed by atoms with E-state index in [1.54, 1.807) is 0 Å². The minimum absolute atomic E-state index is 0.0416. The van der Waals surface area contributed by atoms with Crippen LogP contribution in [-0.4, -0.2) is 15.1 Å². The second-order valence-corrected chi connectivity index (χ2v) is 10.7. The molecular formula is C11H13Br2OP. The van der Waals surface area contributed by atoms with Crippen LogP contribution in [0.4, 0.5) is 0 Å². The second-order valence-electron chi connectivity index (χ2n) is 4.22. The van der Waals surface area contributed by atoms with Gasteiger partial charge in [-0.3, -0.25) is 0 Å². The van der Waals surface area contributed by atoms with Gasteiger partial charge in [-0.15, -0.1) is 0 Å². The second kappa shape index (κ2) is 4.01. The highest BCUT2D eigenvalue weighted by Gasteiger charge is 2.50. The molecular weight excluding hydrogens is 339 g/mol. The number of hydrogen-bond donors (Lipinski definition) is 0. The summed E-state index contributed by atoms with van der Waals surface area (Å²) in [7, 11) is -2.27. The van der Waals surface area contributed by atoms with Crippen molar-refractivity contribution >= 4 is 44.3 Å². The van der Waals surface area contributed by atoms with Crippen LogP contribution in [0.3, 0.4) is 0 Å². The Morgan fingerprint density at radius 3 is 2.47 bits per heavy atom. The summed E-state index contributed by atoms with van der Waals surface area (Å²) in [5.41, 5.74) is 0. The van der Waals surface area contributed by atoms with Gasteiger partial charge in [0.05, 0.1) is 4.57 Å². The molecule has 1 aliphatic heterocycles. The van der Waals surface area contributed by atoms with Crippen molar-refractivity contribution in [3.63, 3.8) is 0 Å². The Hall–Kier alpha value is 0.410. The lowest BCUT2D eigenvalue weighted by atomic mass is 10.2. The standard InChI is InChI=1S/C11H13Br2OP/c1-11(13)7-8-15(14,10(11)12)9-5-3-2-4-6-9/h2-6,10H,7-8H2,1H3/t10-,11-,15-/m1/s1. The minimum Gasteiger partial charge on any atom is -0.317 e. The predicted molar refractivity (Wildman–Crippen MR) is 73.2 cm³/mol. The molecule has 15 heavy (non-hydrogen) atoms. The Bertz CT molecular complexity index is 402. The molecule has 0 unspecified atom stereocenters. The first kappa shape index (κ1) is 11.9. The molecule has 0 radical (unpaired) electrons. The number of halogens is 2.